The van der Waals surface area contributed by atoms with E-state index in [1.807, 2.05) is 48.5 Å². The Morgan fingerprint density at radius 3 is 1.30 bits per heavy atom. The summed E-state index contributed by atoms with van der Waals surface area (Å²) in [7, 11) is 0. The molecule has 0 amide bonds. The fraction of sp³-hybridized carbons (Fsp3) is 0.385. The normalized spacial score (nSPS) is 20.4. The minimum atomic E-state index is -0.0185. The number of benzene rings is 4. The molecule has 0 bridgehead atoms. The molecule has 0 radical (unpaired) electrons. The molecule has 43 heavy (non-hydrogen) atoms. The van der Waals surface area contributed by atoms with Crippen molar-refractivity contribution in [3.8, 4) is 23.0 Å². The van der Waals surface area contributed by atoms with Gasteiger partial charge in [0.15, 0.2) is 0 Å². The minimum absolute atomic E-state index is 0.0185. The van der Waals surface area contributed by atoms with Gasteiger partial charge in [-0.2, -0.15) is 0 Å². The predicted octanol–water partition coefficient (Wildman–Crippen LogP) is 10.5. The first-order chi connectivity index (χ1) is 21.0. The third kappa shape index (κ3) is 6.85. The van der Waals surface area contributed by atoms with Crippen molar-refractivity contribution in [3.63, 3.8) is 0 Å². The van der Waals surface area contributed by atoms with Crippen molar-refractivity contribution in [1.82, 2.24) is 0 Å². The van der Waals surface area contributed by atoms with Crippen LogP contribution in [0.1, 0.15) is 82.3 Å². The van der Waals surface area contributed by atoms with Gasteiger partial charge in [0, 0.05) is 16.8 Å². The molecule has 0 atom stereocenters. The zero-order valence-corrected chi connectivity index (χ0v) is 25.5. The summed E-state index contributed by atoms with van der Waals surface area (Å²) in [5.74, 6) is 5.98. The Balaban J connectivity index is 1.21. The highest BCUT2D eigenvalue weighted by Crippen LogP contribution is 2.51. The van der Waals surface area contributed by atoms with Crippen LogP contribution in [-0.2, 0) is 5.41 Å². The van der Waals surface area contributed by atoms with Gasteiger partial charge in [-0.15, -0.1) is 0 Å². The summed E-state index contributed by atoms with van der Waals surface area (Å²) in [5, 5.41) is 0. The van der Waals surface area contributed by atoms with E-state index in [9.17, 15) is 0 Å². The number of ether oxygens (including phenoxy) is 2. The molecule has 0 aromatic heterocycles. The first-order valence-electron chi connectivity index (χ1n) is 16.3. The number of hydrogen-bond acceptors (Lipinski definition) is 4. The average Bonchev–Trinajstić information content (AvgIpc) is 3.05. The number of nitrogens with two attached hydrogens (primary N) is 2. The Labute approximate surface area is 257 Å². The van der Waals surface area contributed by atoms with E-state index in [4.69, 9.17) is 20.9 Å². The van der Waals surface area contributed by atoms with E-state index in [1.165, 1.54) is 75.3 Å². The molecular weight excluding hydrogens is 528 g/mol. The molecule has 4 N–H and O–H groups in total. The largest absolute Gasteiger partial charge is 0.457 e. The lowest BCUT2D eigenvalue weighted by atomic mass is 9.60. The highest BCUT2D eigenvalue weighted by atomic mass is 16.5. The zero-order chi connectivity index (χ0) is 29.6. The molecule has 0 heterocycles. The van der Waals surface area contributed by atoms with Crippen molar-refractivity contribution in [1.29, 1.82) is 0 Å². The summed E-state index contributed by atoms with van der Waals surface area (Å²) in [6, 6.07) is 32.7. The molecule has 0 aliphatic heterocycles. The van der Waals surface area contributed by atoms with Crippen LogP contribution in [0.4, 0.5) is 11.4 Å². The number of rotatable bonds is 9. The number of hydrogen-bond donors (Lipinski definition) is 2. The van der Waals surface area contributed by atoms with E-state index in [0.717, 1.165) is 52.1 Å². The fourth-order valence-electron chi connectivity index (χ4n) is 7.73. The molecule has 224 valence electrons. The van der Waals surface area contributed by atoms with Crippen LogP contribution in [0.15, 0.2) is 97.1 Å². The Bertz CT molecular complexity index is 1340. The van der Waals surface area contributed by atoms with Crippen molar-refractivity contribution in [2.24, 2.45) is 17.8 Å². The smallest absolute Gasteiger partial charge is 0.127 e. The predicted molar refractivity (Wildman–Crippen MR) is 178 cm³/mol. The van der Waals surface area contributed by atoms with Crippen LogP contribution < -0.4 is 20.9 Å². The van der Waals surface area contributed by atoms with E-state index >= 15 is 0 Å². The topological polar surface area (TPSA) is 70.5 Å². The number of anilines is 2. The van der Waals surface area contributed by atoms with Crippen molar-refractivity contribution in [3.05, 3.63) is 108 Å². The third-order valence-corrected chi connectivity index (χ3v) is 10.2. The quantitative estimate of drug-likeness (QED) is 0.195. The highest BCUT2D eigenvalue weighted by molar-refractivity contribution is 5.47. The first-order valence-corrected chi connectivity index (χ1v) is 16.3. The van der Waals surface area contributed by atoms with E-state index in [0.29, 0.717) is 0 Å². The van der Waals surface area contributed by atoms with Gasteiger partial charge in [0.25, 0.3) is 0 Å². The van der Waals surface area contributed by atoms with Gasteiger partial charge in [-0.05, 0) is 140 Å². The second kappa shape index (κ2) is 13.2. The molecule has 4 aromatic carbocycles. The summed E-state index contributed by atoms with van der Waals surface area (Å²) >= 11 is 0. The molecule has 0 unspecified atom stereocenters. The van der Waals surface area contributed by atoms with E-state index in [-0.39, 0.29) is 5.41 Å². The monoisotopic (exact) mass is 574 g/mol. The molecule has 0 spiro atoms. The maximum atomic E-state index is 6.14. The zero-order valence-electron chi connectivity index (χ0n) is 25.5. The Morgan fingerprint density at radius 2 is 0.907 bits per heavy atom. The number of nitrogen functional groups attached to an aromatic ring is 2. The summed E-state index contributed by atoms with van der Waals surface area (Å²) < 4.78 is 12.3. The Kier molecular flexibility index (Phi) is 8.92. The molecule has 4 nitrogen and oxygen atoms in total. The molecular formula is C39H46N2O2. The van der Waals surface area contributed by atoms with Crippen LogP contribution in [-0.4, -0.2) is 0 Å². The van der Waals surface area contributed by atoms with Crippen LogP contribution in [0.25, 0.3) is 0 Å². The van der Waals surface area contributed by atoms with Crippen LogP contribution in [0.5, 0.6) is 23.0 Å². The van der Waals surface area contributed by atoms with Crippen molar-refractivity contribution < 1.29 is 9.47 Å². The van der Waals surface area contributed by atoms with Gasteiger partial charge >= 0.3 is 0 Å². The first kappa shape index (κ1) is 29.2. The molecule has 4 aromatic rings. The molecule has 4 heteroatoms. The van der Waals surface area contributed by atoms with Gasteiger partial charge in [0.2, 0.25) is 0 Å². The molecule has 2 aliphatic carbocycles. The molecule has 6 rings (SSSR count). The Hall–Kier alpha value is -3.92. The maximum absolute atomic E-state index is 6.14. The molecule has 2 saturated carbocycles. The maximum Gasteiger partial charge on any atom is 0.127 e. The van der Waals surface area contributed by atoms with Gasteiger partial charge in [-0.25, -0.2) is 0 Å². The molecule has 0 saturated heterocycles. The summed E-state index contributed by atoms with van der Waals surface area (Å²) in [5.41, 5.74) is 15.9. The van der Waals surface area contributed by atoms with Crippen molar-refractivity contribution in [2.45, 2.75) is 76.5 Å². The van der Waals surface area contributed by atoms with Crippen LogP contribution in [0.2, 0.25) is 0 Å². The lowest BCUT2D eigenvalue weighted by Gasteiger charge is -2.44. The summed E-state index contributed by atoms with van der Waals surface area (Å²) in [6.07, 6.45) is 13.4. The molecule has 2 fully saturated rings. The van der Waals surface area contributed by atoms with Gasteiger partial charge in [0.05, 0.1) is 0 Å². The lowest BCUT2D eigenvalue weighted by molar-refractivity contribution is 0.141. The van der Waals surface area contributed by atoms with Gasteiger partial charge in [-0.3, -0.25) is 0 Å². The average molecular weight is 575 g/mol. The minimum Gasteiger partial charge on any atom is -0.457 e. The van der Waals surface area contributed by atoms with E-state index < -0.39 is 0 Å². The van der Waals surface area contributed by atoms with Crippen LogP contribution in [0, 0.1) is 17.8 Å². The second-order valence-electron chi connectivity index (χ2n) is 12.9. The van der Waals surface area contributed by atoms with Gasteiger partial charge < -0.3 is 20.9 Å². The SMILES string of the molecule is CCCC1CCC(C2CCC(c3ccc(Oc4ccc(N)cc4)cc3)(c3ccc(Oc4ccc(N)cc4)cc3)CC2)CC1. The van der Waals surface area contributed by atoms with Crippen molar-refractivity contribution >= 4 is 11.4 Å². The van der Waals surface area contributed by atoms with Gasteiger partial charge in [0.1, 0.15) is 23.0 Å². The van der Waals surface area contributed by atoms with E-state index in [2.05, 4.69) is 55.5 Å². The second-order valence-corrected chi connectivity index (χ2v) is 12.9. The molecule has 2 aliphatic rings. The van der Waals surface area contributed by atoms with Crippen LogP contribution >= 0.6 is 0 Å². The fourth-order valence-corrected chi connectivity index (χ4v) is 7.73. The summed E-state index contributed by atoms with van der Waals surface area (Å²) in [4.78, 5) is 0. The van der Waals surface area contributed by atoms with Gasteiger partial charge in [-0.1, -0.05) is 56.9 Å². The third-order valence-electron chi connectivity index (χ3n) is 10.2. The van der Waals surface area contributed by atoms with Crippen molar-refractivity contribution in [2.75, 3.05) is 11.5 Å². The van der Waals surface area contributed by atoms with Crippen LogP contribution in [0.3, 0.4) is 0 Å². The standard InChI is InChI=1S/C39H46N2O2/c1-2-3-28-4-6-29(7-5-28)30-24-26-39(27-25-30,31-8-16-35(17-9-31)42-37-20-12-33(40)13-21-37)32-10-18-36(19-11-32)43-38-22-14-34(41)15-23-38/h8-23,28-30H,2-7,24-27,40-41H2,1H3. The highest BCUT2D eigenvalue weighted by Gasteiger charge is 2.41. The Morgan fingerprint density at radius 1 is 0.535 bits per heavy atom. The lowest BCUT2D eigenvalue weighted by Crippen LogP contribution is -2.35. The van der Waals surface area contributed by atoms with E-state index in [1.54, 1.807) is 0 Å². The summed E-state index contributed by atoms with van der Waals surface area (Å²) in [6.45, 7) is 2.33.